The van der Waals surface area contributed by atoms with Gasteiger partial charge in [-0.2, -0.15) is 0 Å². The molecule has 2 rings (SSSR count). The maximum Gasteiger partial charge on any atom is 0.331 e. The average molecular weight is 231 g/mol. The van der Waals surface area contributed by atoms with Crippen LogP contribution in [0.4, 0.5) is 0 Å². The molecule has 0 aromatic heterocycles. The molecule has 0 fully saturated rings. The Balaban J connectivity index is 2.19. The number of benzene rings is 1. The van der Waals surface area contributed by atoms with E-state index in [1.807, 2.05) is 0 Å². The first-order chi connectivity index (χ1) is 8.15. The van der Waals surface area contributed by atoms with Crippen LogP contribution in [0.3, 0.4) is 0 Å². The Morgan fingerprint density at radius 3 is 2.24 bits per heavy atom. The van der Waals surface area contributed by atoms with Gasteiger partial charge in [0.2, 0.25) is 0 Å². The molecule has 0 atom stereocenters. The Morgan fingerprint density at radius 2 is 1.76 bits per heavy atom. The molecule has 17 heavy (non-hydrogen) atoms. The van der Waals surface area contributed by atoms with Gasteiger partial charge in [-0.1, -0.05) is 18.7 Å². The number of rotatable bonds is 3. The highest BCUT2D eigenvalue weighted by Crippen LogP contribution is 2.21. The molecular weight excluding hydrogens is 222 g/mol. The number of hydrogen-bond donors (Lipinski definition) is 0. The summed E-state index contributed by atoms with van der Waals surface area (Å²) >= 11 is 0. The lowest BCUT2D eigenvalue weighted by molar-refractivity contribution is -0.140. The van der Waals surface area contributed by atoms with Crippen LogP contribution in [0.15, 0.2) is 36.9 Å². The molecule has 1 aliphatic rings. The van der Waals surface area contributed by atoms with E-state index < -0.39 is 24.5 Å². The molecule has 5 nitrogen and oxygen atoms in total. The number of imide groups is 1. The van der Waals surface area contributed by atoms with Crippen LogP contribution in [0.5, 0.6) is 0 Å². The van der Waals surface area contributed by atoms with Crippen LogP contribution in [0.25, 0.3) is 0 Å². The van der Waals surface area contributed by atoms with Crippen molar-refractivity contribution in [2.24, 2.45) is 0 Å². The van der Waals surface area contributed by atoms with Crippen LogP contribution in [-0.4, -0.2) is 29.4 Å². The second-order valence-corrected chi connectivity index (χ2v) is 3.38. The molecule has 0 N–H and O–H groups in total. The summed E-state index contributed by atoms with van der Waals surface area (Å²) in [6.45, 7) is 2.83. The molecule has 0 aliphatic carbocycles. The zero-order valence-electron chi connectivity index (χ0n) is 8.88. The molecule has 0 saturated heterocycles. The third-order valence-electron chi connectivity index (χ3n) is 2.38. The fourth-order valence-corrected chi connectivity index (χ4v) is 1.54. The lowest BCUT2D eigenvalue weighted by atomic mass is 10.1. The SMILES string of the molecule is C=CC(=O)OCN1C(=O)c2ccccc2C1=O. The van der Waals surface area contributed by atoms with Crippen molar-refractivity contribution in [3.8, 4) is 0 Å². The van der Waals surface area contributed by atoms with Crippen molar-refractivity contribution in [3.05, 3.63) is 48.0 Å². The fraction of sp³-hybridized carbons (Fsp3) is 0.0833. The van der Waals surface area contributed by atoms with E-state index in [1.54, 1.807) is 24.3 Å². The zero-order valence-corrected chi connectivity index (χ0v) is 8.88. The normalized spacial score (nSPS) is 13.5. The lowest BCUT2D eigenvalue weighted by Crippen LogP contribution is -2.32. The van der Waals surface area contributed by atoms with Gasteiger partial charge in [-0.05, 0) is 12.1 Å². The molecule has 1 aliphatic heterocycles. The Bertz CT molecular complexity index is 486. The summed E-state index contributed by atoms with van der Waals surface area (Å²) in [5.41, 5.74) is 0.652. The topological polar surface area (TPSA) is 63.7 Å². The van der Waals surface area contributed by atoms with Crippen LogP contribution >= 0.6 is 0 Å². The second-order valence-electron chi connectivity index (χ2n) is 3.38. The van der Waals surface area contributed by atoms with E-state index in [1.165, 1.54) is 0 Å². The highest BCUT2D eigenvalue weighted by atomic mass is 16.5. The van der Waals surface area contributed by atoms with E-state index in [4.69, 9.17) is 0 Å². The van der Waals surface area contributed by atoms with Gasteiger partial charge in [0.05, 0.1) is 11.1 Å². The van der Waals surface area contributed by atoms with Crippen molar-refractivity contribution < 1.29 is 19.1 Å². The van der Waals surface area contributed by atoms with Crippen molar-refractivity contribution in [2.75, 3.05) is 6.73 Å². The molecular formula is C12H9NO4. The molecule has 1 aromatic carbocycles. The van der Waals surface area contributed by atoms with Gasteiger partial charge >= 0.3 is 5.97 Å². The van der Waals surface area contributed by atoms with Gasteiger partial charge in [0.1, 0.15) is 0 Å². The predicted octanol–water partition coefficient (Wildman–Crippen LogP) is 0.969. The highest BCUT2D eigenvalue weighted by Gasteiger charge is 2.35. The molecule has 86 valence electrons. The van der Waals surface area contributed by atoms with E-state index in [2.05, 4.69) is 11.3 Å². The maximum atomic E-state index is 11.8. The summed E-state index contributed by atoms with van der Waals surface area (Å²) in [5.74, 6) is -1.59. The van der Waals surface area contributed by atoms with Crippen molar-refractivity contribution in [2.45, 2.75) is 0 Å². The summed E-state index contributed by atoms with van der Waals surface area (Å²) in [6.07, 6.45) is 0.970. The summed E-state index contributed by atoms with van der Waals surface area (Å²) in [6, 6.07) is 6.46. The molecule has 1 aromatic rings. The molecule has 5 heteroatoms. The van der Waals surface area contributed by atoms with Crippen LogP contribution in [0.1, 0.15) is 20.7 Å². The predicted molar refractivity (Wildman–Crippen MR) is 58.1 cm³/mol. The number of amides is 2. The fourth-order valence-electron chi connectivity index (χ4n) is 1.54. The standard InChI is InChI=1S/C12H9NO4/c1-2-10(14)17-7-13-11(15)8-5-3-4-6-9(8)12(13)16/h2-6H,1,7H2. The van der Waals surface area contributed by atoms with E-state index in [-0.39, 0.29) is 0 Å². The minimum absolute atomic E-state index is 0.326. The van der Waals surface area contributed by atoms with E-state index in [9.17, 15) is 14.4 Å². The number of nitrogens with zero attached hydrogens (tertiary/aromatic N) is 1. The quantitative estimate of drug-likeness (QED) is 0.441. The van der Waals surface area contributed by atoms with Crippen LogP contribution < -0.4 is 0 Å². The van der Waals surface area contributed by atoms with Gasteiger partial charge in [0.15, 0.2) is 6.73 Å². The monoisotopic (exact) mass is 231 g/mol. The first kappa shape index (κ1) is 11.1. The molecule has 0 spiro atoms. The lowest BCUT2D eigenvalue weighted by Gasteiger charge is -2.12. The number of hydrogen-bond acceptors (Lipinski definition) is 4. The first-order valence-electron chi connectivity index (χ1n) is 4.89. The Kier molecular flexibility index (Phi) is 2.74. The number of carbonyl (C=O) groups is 3. The Labute approximate surface area is 97.3 Å². The van der Waals surface area contributed by atoms with Crippen LogP contribution in [0.2, 0.25) is 0 Å². The molecule has 0 unspecified atom stereocenters. The van der Waals surface area contributed by atoms with Crippen molar-refractivity contribution in [1.29, 1.82) is 0 Å². The largest absolute Gasteiger partial charge is 0.441 e. The second kappa shape index (κ2) is 4.21. The summed E-state index contributed by atoms with van der Waals surface area (Å²) < 4.78 is 4.67. The number of carbonyl (C=O) groups excluding carboxylic acids is 3. The van der Waals surface area contributed by atoms with Crippen molar-refractivity contribution in [1.82, 2.24) is 4.90 Å². The van der Waals surface area contributed by atoms with Gasteiger partial charge in [-0.15, -0.1) is 0 Å². The van der Waals surface area contributed by atoms with E-state index in [0.717, 1.165) is 11.0 Å². The number of ether oxygens (including phenoxy) is 1. The van der Waals surface area contributed by atoms with Gasteiger partial charge in [0, 0.05) is 6.08 Å². The van der Waals surface area contributed by atoms with Gasteiger partial charge in [0.25, 0.3) is 11.8 Å². The van der Waals surface area contributed by atoms with Crippen LogP contribution in [0, 0.1) is 0 Å². The molecule has 0 saturated carbocycles. The average Bonchev–Trinajstić information content (AvgIpc) is 2.60. The van der Waals surface area contributed by atoms with Gasteiger partial charge in [-0.25, -0.2) is 9.69 Å². The molecule has 0 bridgehead atoms. The summed E-state index contributed by atoms with van der Waals surface area (Å²) in [4.78, 5) is 35.3. The van der Waals surface area contributed by atoms with Crippen molar-refractivity contribution >= 4 is 17.8 Å². The van der Waals surface area contributed by atoms with E-state index in [0.29, 0.717) is 11.1 Å². The molecule has 2 amide bonds. The minimum atomic E-state index is -0.679. The highest BCUT2D eigenvalue weighted by molar-refractivity contribution is 6.21. The van der Waals surface area contributed by atoms with Crippen molar-refractivity contribution in [3.63, 3.8) is 0 Å². The van der Waals surface area contributed by atoms with E-state index >= 15 is 0 Å². The first-order valence-corrected chi connectivity index (χ1v) is 4.89. The molecule has 0 radical (unpaired) electrons. The maximum absolute atomic E-state index is 11.8. The third kappa shape index (κ3) is 1.82. The Morgan fingerprint density at radius 1 is 1.24 bits per heavy atom. The van der Waals surface area contributed by atoms with Gasteiger partial charge < -0.3 is 4.74 Å². The molecule has 1 heterocycles. The smallest absolute Gasteiger partial charge is 0.331 e. The number of fused-ring (bicyclic) bond motifs is 1. The number of esters is 1. The Hall–Kier alpha value is -2.43. The summed E-state index contributed by atoms with van der Waals surface area (Å²) in [5, 5.41) is 0. The summed E-state index contributed by atoms with van der Waals surface area (Å²) in [7, 11) is 0. The van der Waals surface area contributed by atoms with Crippen LogP contribution in [-0.2, 0) is 9.53 Å². The minimum Gasteiger partial charge on any atom is -0.441 e. The third-order valence-corrected chi connectivity index (χ3v) is 2.38. The van der Waals surface area contributed by atoms with Gasteiger partial charge in [-0.3, -0.25) is 9.59 Å². The zero-order chi connectivity index (χ0) is 12.4.